The quantitative estimate of drug-likeness (QED) is 0.643. The SMILES string of the molecule is CC(=O)N1C=Cc2ccccc2[C@H]1CC(=O)NNC(=O)c1ccccc1-n1cccc1. The third-order valence-electron chi connectivity index (χ3n) is 5.19. The molecule has 0 unspecified atom stereocenters. The van der Waals surface area contributed by atoms with Gasteiger partial charge in [-0.15, -0.1) is 0 Å². The Hall–Kier alpha value is -4.13. The Bertz CT molecular complexity index is 1150. The van der Waals surface area contributed by atoms with Crippen molar-refractivity contribution in [2.45, 2.75) is 19.4 Å². The van der Waals surface area contributed by atoms with Gasteiger partial charge in [0, 0.05) is 25.5 Å². The topological polar surface area (TPSA) is 83.4 Å². The molecule has 7 heteroatoms. The van der Waals surface area contributed by atoms with Crippen molar-refractivity contribution in [1.82, 2.24) is 20.3 Å². The van der Waals surface area contributed by atoms with Crippen molar-refractivity contribution in [2.24, 2.45) is 0 Å². The van der Waals surface area contributed by atoms with E-state index < -0.39 is 17.9 Å². The summed E-state index contributed by atoms with van der Waals surface area (Å²) in [6, 6.07) is 18.0. The van der Waals surface area contributed by atoms with Crippen LogP contribution in [0.3, 0.4) is 0 Å². The van der Waals surface area contributed by atoms with E-state index in [9.17, 15) is 14.4 Å². The molecule has 0 saturated heterocycles. The number of aromatic nitrogens is 1. The molecule has 4 rings (SSSR count). The van der Waals surface area contributed by atoms with E-state index in [1.54, 1.807) is 18.3 Å². The molecule has 156 valence electrons. The summed E-state index contributed by atoms with van der Waals surface area (Å²) in [5, 5.41) is 0. The molecule has 3 aromatic rings. The molecule has 0 radical (unpaired) electrons. The monoisotopic (exact) mass is 414 g/mol. The summed E-state index contributed by atoms with van der Waals surface area (Å²) in [6.07, 6.45) is 7.24. The molecule has 31 heavy (non-hydrogen) atoms. The molecule has 2 heterocycles. The highest BCUT2D eigenvalue weighted by Crippen LogP contribution is 2.32. The minimum atomic E-state index is -0.442. The van der Waals surface area contributed by atoms with Gasteiger partial charge in [0.15, 0.2) is 0 Å². The van der Waals surface area contributed by atoms with Crippen LogP contribution in [-0.4, -0.2) is 27.2 Å². The number of hydrogen-bond donors (Lipinski definition) is 2. The summed E-state index contributed by atoms with van der Waals surface area (Å²) in [7, 11) is 0. The number of nitrogens with one attached hydrogen (secondary N) is 2. The van der Waals surface area contributed by atoms with E-state index >= 15 is 0 Å². The first-order valence-corrected chi connectivity index (χ1v) is 9.92. The third kappa shape index (κ3) is 4.25. The lowest BCUT2D eigenvalue weighted by Gasteiger charge is -2.32. The van der Waals surface area contributed by atoms with E-state index in [-0.39, 0.29) is 12.3 Å². The van der Waals surface area contributed by atoms with Gasteiger partial charge in [-0.2, -0.15) is 0 Å². The smallest absolute Gasteiger partial charge is 0.271 e. The number of rotatable bonds is 4. The molecule has 0 fully saturated rings. The van der Waals surface area contributed by atoms with Crippen LogP contribution in [0.25, 0.3) is 11.8 Å². The van der Waals surface area contributed by atoms with Gasteiger partial charge in [0.25, 0.3) is 5.91 Å². The number of carbonyl (C=O) groups excluding carboxylic acids is 3. The number of para-hydroxylation sites is 1. The standard InChI is InChI=1S/C24H22N4O3/c1-17(29)28-15-12-18-8-2-3-9-19(18)22(28)16-23(30)25-26-24(31)20-10-4-5-11-21(20)27-13-6-7-14-27/h2-15,22H,16H2,1H3,(H,25,30)(H,26,31)/t22-/m1/s1. The molecule has 1 aliphatic heterocycles. The number of hydrazine groups is 1. The summed E-state index contributed by atoms with van der Waals surface area (Å²) in [6.45, 7) is 1.46. The summed E-state index contributed by atoms with van der Waals surface area (Å²) >= 11 is 0. The van der Waals surface area contributed by atoms with Crippen molar-refractivity contribution in [3.05, 3.63) is 95.9 Å². The van der Waals surface area contributed by atoms with Crippen molar-refractivity contribution in [3.8, 4) is 5.69 Å². The van der Waals surface area contributed by atoms with Gasteiger partial charge in [0.2, 0.25) is 11.8 Å². The van der Waals surface area contributed by atoms with Gasteiger partial charge in [-0.05, 0) is 41.5 Å². The molecule has 2 N–H and O–H groups in total. The van der Waals surface area contributed by atoms with Crippen LogP contribution in [0.4, 0.5) is 0 Å². The zero-order valence-electron chi connectivity index (χ0n) is 17.0. The first-order valence-electron chi connectivity index (χ1n) is 9.92. The second-order valence-electron chi connectivity index (χ2n) is 7.20. The Morgan fingerprint density at radius 3 is 2.39 bits per heavy atom. The van der Waals surface area contributed by atoms with E-state index in [1.165, 1.54) is 11.8 Å². The minimum Gasteiger partial charge on any atom is -0.323 e. The third-order valence-corrected chi connectivity index (χ3v) is 5.19. The van der Waals surface area contributed by atoms with Gasteiger partial charge in [-0.25, -0.2) is 0 Å². The molecule has 0 bridgehead atoms. The van der Waals surface area contributed by atoms with E-state index in [2.05, 4.69) is 10.9 Å². The van der Waals surface area contributed by atoms with Crippen molar-refractivity contribution in [3.63, 3.8) is 0 Å². The van der Waals surface area contributed by atoms with Crippen LogP contribution >= 0.6 is 0 Å². The maximum atomic E-state index is 12.7. The zero-order chi connectivity index (χ0) is 21.8. The van der Waals surface area contributed by atoms with Gasteiger partial charge in [0.05, 0.1) is 23.7 Å². The van der Waals surface area contributed by atoms with Crippen LogP contribution in [0.1, 0.15) is 40.9 Å². The van der Waals surface area contributed by atoms with E-state index in [0.29, 0.717) is 11.3 Å². The summed E-state index contributed by atoms with van der Waals surface area (Å²) in [5.74, 6) is -0.980. The lowest BCUT2D eigenvalue weighted by molar-refractivity contribution is -0.130. The van der Waals surface area contributed by atoms with Crippen LogP contribution in [0.5, 0.6) is 0 Å². The first-order chi connectivity index (χ1) is 15.0. The second kappa shape index (κ2) is 8.71. The Morgan fingerprint density at radius 2 is 1.61 bits per heavy atom. The number of nitrogens with zero attached hydrogens (tertiary/aromatic N) is 2. The summed E-state index contributed by atoms with van der Waals surface area (Å²) in [5.41, 5.74) is 7.94. The van der Waals surface area contributed by atoms with Crippen molar-refractivity contribution in [1.29, 1.82) is 0 Å². The maximum Gasteiger partial charge on any atom is 0.271 e. The van der Waals surface area contributed by atoms with E-state index in [4.69, 9.17) is 0 Å². The number of amides is 3. The van der Waals surface area contributed by atoms with E-state index in [1.807, 2.05) is 71.6 Å². The molecule has 1 aromatic heterocycles. The number of benzene rings is 2. The normalized spacial score (nSPS) is 14.6. The molecule has 1 atom stereocenters. The number of carbonyl (C=O) groups is 3. The van der Waals surface area contributed by atoms with Gasteiger partial charge < -0.3 is 9.47 Å². The number of hydrogen-bond acceptors (Lipinski definition) is 3. The Balaban J connectivity index is 1.46. The molecule has 3 amide bonds. The second-order valence-corrected chi connectivity index (χ2v) is 7.20. The average molecular weight is 414 g/mol. The van der Waals surface area contributed by atoms with Crippen LogP contribution in [0.2, 0.25) is 0 Å². The Kier molecular flexibility index (Phi) is 5.66. The highest BCUT2D eigenvalue weighted by atomic mass is 16.2. The molecule has 2 aromatic carbocycles. The fourth-order valence-corrected chi connectivity index (χ4v) is 3.72. The van der Waals surface area contributed by atoms with Crippen LogP contribution in [0.15, 0.2) is 79.3 Å². The molecular formula is C24H22N4O3. The van der Waals surface area contributed by atoms with Gasteiger partial charge >= 0.3 is 0 Å². The Morgan fingerprint density at radius 1 is 0.903 bits per heavy atom. The lowest BCUT2D eigenvalue weighted by atomic mass is 9.93. The summed E-state index contributed by atoms with van der Waals surface area (Å²) < 4.78 is 1.83. The highest BCUT2D eigenvalue weighted by Gasteiger charge is 2.28. The zero-order valence-corrected chi connectivity index (χ0v) is 17.0. The van der Waals surface area contributed by atoms with Crippen LogP contribution in [-0.2, 0) is 9.59 Å². The first kappa shape index (κ1) is 20.2. The van der Waals surface area contributed by atoms with Crippen LogP contribution in [0, 0.1) is 0 Å². The minimum absolute atomic E-state index is 0.0143. The van der Waals surface area contributed by atoms with Gasteiger partial charge in [-0.3, -0.25) is 25.2 Å². The maximum absolute atomic E-state index is 12.7. The van der Waals surface area contributed by atoms with Crippen LogP contribution < -0.4 is 10.9 Å². The average Bonchev–Trinajstić information content (AvgIpc) is 3.32. The van der Waals surface area contributed by atoms with Gasteiger partial charge in [-0.1, -0.05) is 36.4 Å². The molecule has 1 aliphatic rings. The predicted octanol–water partition coefficient (Wildman–Crippen LogP) is 3.20. The summed E-state index contributed by atoms with van der Waals surface area (Å²) in [4.78, 5) is 39.0. The molecular weight excluding hydrogens is 392 g/mol. The molecule has 0 aliphatic carbocycles. The van der Waals surface area contributed by atoms with Crippen molar-refractivity contribution < 1.29 is 14.4 Å². The Labute approximate surface area is 180 Å². The molecule has 0 spiro atoms. The highest BCUT2D eigenvalue weighted by molar-refractivity contribution is 5.98. The number of fused-ring (bicyclic) bond motifs is 1. The fourth-order valence-electron chi connectivity index (χ4n) is 3.72. The van der Waals surface area contributed by atoms with Crippen molar-refractivity contribution in [2.75, 3.05) is 0 Å². The predicted molar refractivity (Wildman–Crippen MR) is 117 cm³/mol. The fraction of sp³-hybridized carbons (Fsp3) is 0.125. The van der Waals surface area contributed by atoms with Crippen molar-refractivity contribution >= 4 is 23.8 Å². The molecule has 0 saturated carbocycles. The van der Waals surface area contributed by atoms with E-state index in [0.717, 1.165) is 11.1 Å². The van der Waals surface area contributed by atoms with Gasteiger partial charge in [0.1, 0.15) is 0 Å². The largest absolute Gasteiger partial charge is 0.323 e. The molecule has 7 nitrogen and oxygen atoms in total. The lowest BCUT2D eigenvalue weighted by Crippen LogP contribution is -2.44.